The van der Waals surface area contributed by atoms with E-state index in [1.54, 1.807) is 24.5 Å². The number of hydrogen-bond acceptors (Lipinski definition) is 6. The molecular formula is C23H33FN4O2SSi. The summed E-state index contributed by atoms with van der Waals surface area (Å²) in [5.41, 5.74) is 1.65. The van der Waals surface area contributed by atoms with Crippen LogP contribution in [0.4, 0.5) is 10.3 Å². The first-order valence-corrected chi connectivity index (χ1v) is 14.9. The third-order valence-electron chi connectivity index (χ3n) is 6.34. The predicted octanol–water partition coefficient (Wildman–Crippen LogP) is 4.73. The van der Waals surface area contributed by atoms with E-state index in [4.69, 9.17) is 4.43 Å². The average Bonchev–Trinajstić information content (AvgIpc) is 2.77. The van der Waals surface area contributed by atoms with Crippen LogP contribution in [0.1, 0.15) is 26.3 Å². The van der Waals surface area contributed by atoms with Crippen molar-refractivity contribution in [2.75, 3.05) is 31.1 Å². The van der Waals surface area contributed by atoms with Gasteiger partial charge in [0.25, 0.3) is 0 Å². The lowest BCUT2D eigenvalue weighted by Gasteiger charge is -2.36. The Hall–Kier alpha value is -1.78. The fraction of sp³-hybridized carbons (Fsp3) is 0.478. The van der Waals surface area contributed by atoms with E-state index in [1.807, 2.05) is 15.3 Å². The van der Waals surface area contributed by atoms with Gasteiger partial charge in [0.05, 0.1) is 31.1 Å². The predicted molar refractivity (Wildman–Crippen MR) is 132 cm³/mol. The second-order valence-corrected chi connectivity index (χ2v) is 15.7. The molecule has 1 unspecified atom stereocenters. The van der Waals surface area contributed by atoms with Crippen LogP contribution in [-0.2, 0) is 22.4 Å². The lowest BCUT2D eigenvalue weighted by molar-refractivity contribution is 0.271. The minimum Gasteiger partial charge on any atom is -0.593 e. The van der Waals surface area contributed by atoms with Gasteiger partial charge in [0, 0.05) is 42.2 Å². The van der Waals surface area contributed by atoms with Gasteiger partial charge in [0.15, 0.2) is 8.32 Å². The topological polar surface area (TPSA) is 64.5 Å². The van der Waals surface area contributed by atoms with Crippen molar-refractivity contribution in [1.29, 1.82) is 0 Å². The molecule has 0 N–H and O–H groups in total. The largest absolute Gasteiger partial charge is 0.593 e. The number of hydrogen-bond donors (Lipinski definition) is 0. The van der Waals surface area contributed by atoms with Gasteiger partial charge in [0.1, 0.15) is 11.2 Å². The lowest BCUT2D eigenvalue weighted by atomic mass is 10.1. The SMILES string of the molecule is C=C[S+]([O-])N1CCN(c2ncc(-c3cccc(CO[Si](C)(C)C(C)(C)C)c3F)cn2)CC1. The van der Waals surface area contributed by atoms with E-state index in [0.29, 0.717) is 48.8 Å². The minimum atomic E-state index is -1.97. The van der Waals surface area contributed by atoms with E-state index in [2.05, 4.69) is 50.4 Å². The molecule has 1 fully saturated rings. The molecule has 0 spiro atoms. The third-order valence-corrected chi connectivity index (χ3v) is 12.0. The van der Waals surface area contributed by atoms with Gasteiger partial charge in [-0.2, -0.15) is 0 Å². The summed E-state index contributed by atoms with van der Waals surface area (Å²) in [4.78, 5) is 11.0. The smallest absolute Gasteiger partial charge is 0.225 e. The van der Waals surface area contributed by atoms with Crippen molar-refractivity contribution in [2.24, 2.45) is 0 Å². The molecule has 0 aliphatic carbocycles. The first-order chi connectivity index (χ1) is 15.0. The zero-order chi connectivity index (χ0) is 23.5. The maximum atomic E-state index is 15.3. The molecule has 1 aromatic carbocycles. The summed E-state index contributed by atoms with van der Waals surface area (Å²) in [6.07, 6.45) is 3.32. The summed E-state index contributed by atoms with van der Waals surface area (Å²) < 4.78 is 35.2. The zero-order valence-corrected chi connectivity index (χ0v) is 21.4. The highest BCUT2D eigenvalue weighted by atomic mass is 32.2. The summed E-state index contributed by atoms with van der Waals surface area (Å²) in [6, 6.07) is 5.36. The molecule has 0 radical (unpaired) electrons. The van der Waals surface area contributed by atoms with Gasteiger partial charge < -0.3 is 13.9 Å². The van der Waals surface area contributed by atoms with E-state index < -0.39 is 19.7 Å². The van der Waals surface area contributed by atoms with Crippen LogP contribution in [0.2, 0.25) is 18.1 Å². The molecular weight excluding hydrogens is 443 g/mol. The first-order valence-electron chi connectivity index (χ1n) is 10.8. The molecule has 2 heterocycles. The average molecular weight is 477 g/mol. The number of halogens is 1. The summed E-state index contributed by atoms with van der Waals surface area (Å²) in [7, 11) is -1.97. The molecule has 0 saturated carbocycles. The highest BCUT2D eigenvalue weighted by Crippen LogP contribution is 2.37. The van der Waals surface area contributed by atoms with Gasteiger partial charge in [0.2, 0.25) is 5.95 Å². The number of anilines is 1. The molecule has 2 aromatic rings. The van der Waals surface area contributed by atoms with Crippen LogP contribution in [-0.4, -0.2) is 53.3 Å². The van der Waals surface area contributed by atoms with Gasteiger partial charge >= 0.3 is 0 Å². The van der Waals surface area contributed by atoms with Crippen LogP contribution in [0.3, 0.4) is 0 Å². The molecule has 174 valence electrons. The Bertz CT molecular complexity index is 929. The van der Waals surface area contributed by atoms with Crippen LogP contribution in [0.15, 0.2) is 42.6 Å². The van der Waals surface area contributed by atoms with E-state index in [1.165, 1.54) is 5.41 Å². The summed E-state index contributed by atoms with van der Waals surface area (Å²) in [5, 5.41) is 1.51. The number of nitrogens with zero attached hydrogens (tertiary/aromatic N) is 4. The van der Waals surface area contributed by atoms with Gasteiger partial charge in [-0.25, -0.2) is 14.4 Å². The van der Waals surface area contributed by atoms with Crippen molar-refractivity contribution < 1.29 is 13.4 Å². The van der Waals surface area contributed by atoms with Crippen LogP contribution in [0.5, 0.6) is 0 Å². The van der Waals surface area contributed by atoms with Gasteiger partial charge in [-0.05, 0) is 24.7 Å². The summed E-state index contributed by atoms with van der Waals surface area (Å²) in [6.45, 7) is 17.3. The van der Waals surface area contributed by atoms with Gasteiger partial charge in [-0.1, -0.05) is 39.0 Å². The van der Waals surface area contributed by atoms with Crippen LogP contribution >= 0.6 is 0 Å². The Morgan fingerprint density at radius 1 is 1.19 bits per heavy atom. The van der Waals surface area contributed by atoms with E-state index >= 15 is 4.39 Å². The Kier molecular flexibility index (Phi) is 7.77. The van der Waals surface area contributed by atoms with Gasteiger partial charge in [-0.15, -0.1) is 4.31 Å². The standard InChI is InChI=1S/C23H33FN4O2SSi/c1-7-31(29)28-13-11-27(12-14-28)22-25-15-19(16-26-22)20-10-8-9-18(21(20)24)17-30-32(5,6)23(2,3)4/h7-10,15-16H,1,11-14,17H2,2-6H3. The number of piperazine rings is 1. The molecule has 32 heavy (non-hydrogen) atoms. The van der Waals surface area contributed by atoms with Gasteiger partial charge in [-0.3, -0.25) is 0 Å². The van der Waals surface area contributed by atoms with Crippen LogP contribution in [0.25, 0.3) is 11.1 Å². The summed E-state index contributed by atoms with van der Waals surface area (Å²) in [5.74, 6) is 0.304. The normalized spacial score (nSPS) is 16.8. The monoisotopic (exact) mass is 476 g/mol. The van der Waals surface area contributed by atoms with Crippen molar-refractivity contribution in [2.45, 2.75) is 45.5 Å². The maximum absolute atomic E-state index is 15.3. The second-order valence-electron chi connectivity index (χ2n) is 9.46. The molecule has 1 aliphatic heterocycles. The summed E-state index contributed by atoms with van der Waals surface area (Å²) >= 11 is -1.15. The first kappa shape index (κ1) is 24.9. The quantitative estimate of drug-likeness (QED) is 0.425. The van der Waals surface area contributed by atoms with Crippen LogP contribution < -0.4 is 4.90 Å². The molecule has 0 bridgehead atoms. The molecule has 9 heteroatoms. The maximum Gasteiger partial charge on any atom is 0.225 e. The van der Waals surface area contributed by atoms with Crippen molar-refractivity contribution in [1.82, 2.24) is 14.3 Å². The molecule has 6 nitrogen and oxygen atoms in total. The number of aromatic nitrogens is 2. The highest BCUT2D eigenvalue weighted by Gasteiger charge is 2.37. The lowest BCUT2D eigenvalue weighted by Crippen LogP contribution is -2.48. The van der Waals surface area contributed by atoms with Crippen LogP contribution in [0, 0.1) is 5.82 Å². The van der Waals surface area contributed by atoms with E-state index in [-0.39, 0.29) is 17.5 Å². The number of benzene rings is 1. The second kappa shape index (κ2) is 10.0. The van der Waals surface area contributed by atoms with Crippen molar-refractivity contribution in [3.05, 3.63) is 54.0 Å². The zero-order valence-electron chi connectivity index (χ0n) is 19.6. The molecule has 0 amide bonds. The van der Waals surface area contributed by atoms with Crippen molar-refractivity contribution >= 4 is 25.6 Å². The third kappa shape index (κ3) is 5.58. The fourth-order valence-corrected chi connectivity index (χ4v) is 4.87. The molecule has 1 aromatic heterocycles. The fourth-order valence-electron chi connectivity index (χ4n) is 3.19. The molecule has 3 rings (SSSR count). The Balaban J connectivity index is 1.70. The Labute approximate surface area is 195 Å². The highest BCUT2D eigenvalue weighted by molar-refractivity contribution is 7.92. The number of rotatable bonds is 7. The van der Waals surface area contributed by atoms with E-state index in [9.17, 15) is 4.55 Å². The van der Waals surface area contributed by atoms with Crippen molar-refractivity contribution in [3.8, 4) is 11.1 Å². The minimum absolute atomic E-state index is 0.0664. The molecule has 1 aliphatic rings. The van der Waals surface area contributed by atoms with E-state index in [0.717, 1.165) is 0 Å². The van der Waals surface area contributed by atoms with Crippen molar-refractivity contribution in [3.63, 3.8) is 0 Å². The molecule has 1 saturated heterocycles. The Morgan fingerprint density at radius 3 is 2.38 bits per heavy atom. The molecule has 1 atom stereocenters. The Morgan fingerprint density at radius 2 is 1.81 bits per heavy atom.